The van der Waals surface area contributed by atoms with E-state index in [0.717, 1.165) is 26.5 Å². The summed E-state index contributed by atoms with van der Waals surface area (Å²) in [5.74, 6) is 0.833. The highest BCUT2D eigenvalue weighted by Gasteiger charge is 2.34. The Labute approximate surface area is 201 Å². The Balaban J connectivity index is 1.85. The molecule has 1 saturated heterocycles. The molecule has 5 nitrogen and oxygen atoms in total. The van der Waals surface area contributed by atoms with Crippen LogP contribution in [0.2, 0.25) is 0 Å². The van der Waals surface area contributed by atoms with Crippen LogP contribution in [0.1, 0.15) is 18.1 Å². The maximum absolute atomic E-state index is 12.5. The summed E-state index contributed by atoms with van der Waals surface area (Å²) < 4.78 is 13.7. The number of hydrogen-bond acceptors (Lipinski definition) is 5. The van der Waals surface area contributed by atoms with Crippen molar-refractivity contribution in [1.29, 1.82) is 0 Å². The quantitative estimate of drug-likeness (QED) is 0.204. The second-order valence-corrected chi connectivity index (χ2v) is 9.35. The van der Waals surface area contributed by atoms with Crippen LogP contribution in [0.15, 0.2) is 58.4 Å². The first-order valence-electron chi connectivity index (χ1n) is 9.12. The number of carbonyl (C=O) groups excluding carboxylic acids is 2. The van der Waals surface area contributed by atoms with Crippen molar-refractivity contribution < 1.29 is 19.1 Å². The first-order valence-corrected chi connectivity index (χ1v) is 11.8. The van der Waals surface area contributed by atoms with Crippen molar-refractivity contribution in [2.24, 2.45) is 0 Å². The Kier molecular flexibility index (Phi) is 8.01. The smallest absolute Gasteiger partial charge is 0.293 e. The fourth-order valence-corrected chi connectivity index (χ4v) is 4.53. The molecule has 0 bridgehead atoms. The molecule has 1 fully saturated rings. The molecule has 1 heterocycles. The molecule has 0 unspecified atom stereocenters. The summed E-state index contributed by atoms with van der Waals surface area (Å²) in [5.41, 5.74) is 1.78. The van der Waals surface area contributed by atoms with E-state index < -0.39 is 0 Å². The van der Waals surface area contributed by atoms with Crippen molar-refractivity contribution >= 4 is 67.5 Å². The summed E-state index contributed by atoms with van der Waals surface area (Å²) in [5, 5.41) is -0.298. The second kappa shape index (κ2) is 10.5. The standard InChI is InChI=1S/C22H19BrINO4S/c1-3-9-25-21(26)19(30-22(25)27)12-15-10-17(23)20(18(11-15)28-4-2)29-13-14-5-7-16(24)8-6-14/h3,5-8,10-12H,1,4,9,13H2,2H3/b19-12+. The van der Waals surface area contributed by atoms with Crippen LogP contribution in [0, 0.1) is 3.57 Å². The minimum absolute atomic E-state index is 0.196. The highest BCUT2D eigenvalue weighted by atomic mass is 127. The van der Waals surface area contributed by atoms with Crippen LogP contribution in [0.3, 0.4) is 0 Å². The highest BCUT2D eigenvalue weighted by Crippen LogP contribution is 2.39. The van der Waals surface area contributed by atoms with Gasteiger partial charge in [-0.25, -0.2) is 0 Å². The zero-order valence-electron chi connectivity index (χ0n) is 16.2. The van der Waals surface area contributed by atoms with Crippen molar-refractivity contribution in [2.45, 2.75) is 13.5 Å². The summed E-state index contributed by atoms with van der Waals surface area (Å²) in [6, 6.07) is 11.7. The lowest BCUT2D eigenvalue weighted by Crippen LogP contribution is -2.27. The number of benzene rings is 2. The molecular formula is C22H19BrINO4S. The van der Waals surface area contributed by atoms with Gasteiger partial charge in [0.2, 0.25) is 0 Å². The molecule has 0 N–H and O–H groups in total. The van der Waals surface area contributed by atoms with Crippen LogP contribution in [-0.4, -0.2) is 29.2 Å². The fraction of sp³-hybridized carbons (Fsp3) is 0.182. The molecular weight excluding hydrogens is 581 g/mol. The molecule has 0 radical (unpaired) electrons. The largest absolute Gasteiger partial charge is 0.490 e. The van der Waals surface area contributed by atoms with Crippen LogP contribution in [0.25, 0.3) is 6.08 Å². The van der Waals surface area contributed by atoms with Crippen LogP contribution in [-0.2, 0) is 11.4 Å². The van der Waals surface area contributed by atoms with Crippen LogP contribution in [0.5, 0.6) is 11.5 Å². The zero-order chi connectivity index (χ0) is 21.7. The van der Waals surface area contributed by atoms with Gasteiger partial charge in [-0.2, -0.15) is 0 Å². The van der Waals surface area contributed by atoms with Gasteiger partial charge in [-0.05, 0) is 98.7 Å². The van der Waals surface area contributed by atoms with Gasteiger partial charge < -0.3 is 9.47 Å². The third-order valence-corrected chi connectivity index (χ3v) is 6.33. The lowest BCUT2D eigenvalue weighted by molar-refractivity contribution is -0.122. The third kappa shape index (κ3) is 5.47. The molecule has 156 valence electrons. The number of halogens is 2. The Morgan fingerprint density at radius 1 is 1.20 bits per heavy atom. The number of imide groups is 1. The summed E-state index contributed by atoms with van der Waals surface area (Å²) >= 11 is 6.73. The molecule has 0 spiro atoms. The number of amides is 2. The molecule has 1 aliphatic heterocycles. The van der Waals surface area contributed by atoms with Crippen LogP contribution in [0.4, 0.5) is 4.79 Å². The van der Waals surface area contributed by atoms with E-state index in [9.17, 15) is 9.59 Å². The minimum Gasteiger partial charge on any atom is -0.490 e. The van der Waals surface area contributed by atoms with E-state index in [0.29, 0.717) is 34.1 Å². The van der Waals surface area contributed by atoms with Crippen LogP contribution < -0.4 is 9.47 Å². The van der Waals surface area contributed by atoms with E-state index in [-0.39, 0.29) is 17.7 Å². The van der Waals surface area contributed by atoms with Gasteiger partial charge in [0.15, 0.2) is 11.5 Å². The number of thioether (sulfide) groups is 1. The molecule has 0 saturated carbocycles. The number of carbonyl (C=O) groups is 2. The molecule has 0 atom stereocenters. The SMILES string of the molecule is C=CCN1C(=O)S/C(=C/c2cc(Br)c(OCc3ccc(I)cc3)c(OCC)c2)C1=O. The molecule has 2 aromatic carbocycles. The fourth-order valence-electron chi connectivity index (χ4n) is 2.75. The number of ether oxygens (including phenoxy) is 2. The molecule has 30 heavy (non-hydrogen) atoms. The van der Waals surface area contributed by atoms with E-state index in [1.807, 2.05) is 37.3 Å². The molecule has 2 amide bonds. The second-order valence-electron chi connectivity index (χ2n) is 6.26. The lowest BCUT2D eigenvalue weighted by atomic mass is 10.1. The van der Waals surface area contributed by atoms with E-state index >= 15 is 0 Å². The van der Waals surface area contributed by atoms with Crippen molar-refractivity contribution in [3.8, 4) is 11.5 Å². The molecule has 8 heteroatoms. The summed E-state index contributed by atoms with van der Waals surface area (Å²) in [6.45, 7) is 6.54. The Hall–Kier alpha value is -1.78. The predicted octanol–water partition coefficient (Wildman–Crippen LogP) is 6.25. The first-order chi connectivity index (χ1) is 14.4. The Morgan fingerprint density at radius 2 is 1.93 bits per heavy atom. The maximum Gasteiger partial charge on any atom is 0.293 e. The monoisotopic (exact) mass is 599 g/mol. The molecule has 2 aromatic rings. The van der Waals surface area contributed by atoms with E-state index in [4.69, 9.17) is 9.47 Å². The number of nitrogens with zero attached hydrogens (tertiary/aromatic N) is 1. The van der Waals surface area contributed by atoms with Gasteiger partial charge in [0.25, 0.3) is 11.1 Å². The number of hydrogen-bond donors (Lipinski definition) is 0. The van der Waals surface area contributed by atoms with Crippen molar-refractivity contribution in [3.05, 3.63) is 73.1 Å². The average Bonchev–Trinajstić information content (AvgIpc) is 2.97. The van der Waals surface area contributed by atoms with Gasteiger partial charge in [-0.3, -0.25) is 14.5 Å². The predicted molar refractivity (Wildman–Crippen MR) is 132 cm³/mol. The van der Waals surface area contributed by atoms with Crippen LogP contribution >= 0.6 is 50.3 Å². The van der Waals surface area contributed by atoms with E-state index in [1.165, 1.54) is 11.0 Å². The first kappa shape index (κ1) is 22.9. The molecule has 1 aliphatic rings. The van der Waals surface area contributed by atoms with E-state index in [1.54, 1.807) is 12.1 Å². The lowest BCUT2D eigenvalue weighted by Gasteiger charge is -2.15. The van der Waals surface area contributed by atoms with Crippen molar-refractivity contribution in [2.75, 3.05) is 13.2 Å². The minimum atomic E-state index is -0.321. The van der Waals surface area contributed by atoms with Gasteiger partial charge in [-0.1, -0.05) is 18.2 Å². The topological polar surface area (TPSA) is 55.8 Å². The Morgan fingerprint density at radius 3 is 2.60 bits per heavy atom. The van der Waals surface area contributed by atoms with Gasteiger partial charge in [0.05, 0.1) is 16.0 Å². The summed E-state index contributed by atoms with van der Waals surface area (Å²) in [6.07, 6.45) is 3.22. The number of rotatable bonds is 8. The van der Waals surface area contributed by atoms with Crippen molar-refractivity contribution in [3.63, 3.8) is 0 Å². The normalized spacial score (nSPS) is 15.0. The van der Waals surface area contributed by atoms with Gasteiger partial charge in [0, 0.05) is 10.1 Å². The third-order valence-electron chi connectivity index (χ3n) is 4.11. The van der Waals surface area contributed by atoms with E-state index in [2.05, 4.69) is 45.1 Å². The molecule has 0 aromatic heterocycles. The van der Waals surface area contributed by atoms with Crippen molar-refractivity contribution in [1.82, 2.24) is 4.90 Å². The van der Waals surface area contributed by atoms with Gasteiger partial charge in [-0.15, -0.1) is 6.58 Å². The highest BCUT2D eigenvalue weighted by molar-refractivity contribution is 14.1. The van der Waals surface area contributed by atoms with Gasteiger partial charge in [0.1, 0.15) is 6.61 Å². The summed E-state index contributed by atoms with van der Waals surface area (Å²) in [7, 11) is 0. The average molecular weight is 600 g/mol. The molecule has 0 aliphatic carbocycles. The summed E-state index contributed by atoms with van der Waals surface area (Å²) in [4.78, 5) is 26.0. The van der Waals surface area contributed by atoms with Gasteiger partial charge >= 0.3 is 0 Å². The molecule has 3 rings (SSSR count). The Bertz CT molecular complexity index is 1010. The maximum atomic E-state index is 12.5. The zero-order valence-corrected chi connectivity index (χ0v) is 20.8.